The number of likely N-dealkylation sites (tertiary alicyclic amines) is 1. The molecule has 2 aromatic carbocycles. The van der Waals surface area contributed by atoms with Gasteiger partial charge in [0.25, 0.3) is 0 Å². The average molecular weight is 345 g/mol. The van der Waals surface area contributed by atoms with Gasteiger partial charge >= 0.3 is 12.0 Å². The maximum atomic E-state index is 13.1. The third-order valence-corrected chi connectivity index (χ3v) is 5.30. The molecule has 1 heterocycles. The molecule has 0 saturated carbocycles. The van der Waals surface area contributed by atoms with E-state index in [9.17, 15) is 14.7 Å². The molecule has 3 rings (SSSR count). The number of imide groups is 1. The summed E-state index contributed by atoms with van der Waals surface area (Å²) in [4.78, 5) is 25.3. The van der Waals surface area contributed by atoms with Crippen molar-refractivity contribution >= 4 is 23.6 Å². The van der Waals surface area contributed by atoms with E-state index < -0.39 is 16.5 Å². The van der Waals surface area contributed by atoms with Crippen molar-refractivity contribution in [2.24, 2.45) is 0 Å². The molecule has 1 saturated heterocycles. The smallest absolute Gasteiger partial charge is 0.435 e. The fraction of sp³-hybridized carbons (Fsp3) is 0.263. The van der Waals surface area contributed by atoms with Gasteiger partial charge in [-0.3, -0.25) is 0 Å². The predicted molar refractivity (Wildman–Crippen MR) is 92.2 cm³/mol. The zero-order valence-electron chi connectivity index (χ0n) is 13.4. The summed E-state index contributed by atoms with van der Waals surface area (Å²) in [5.41, 5.74) is 1.33. The number of rotatable bonds is 2. The molecule has 4 nitrogen and oxygen atoms in total. The SMILES string of the molecule is C[C@@H]1C[C@H](c2ccccc2)C[N@+]1(C(=O)O)C(=O)c1ccccc1Cl. The summed E-state index contributed by atoms with van der Waals surface area (Å²) in [6, 6.07) is 16.1. The summed E-state index contributed by atoms with van der Waals surface area (Å²) < 4.78 is -0.608. The van der Waals surface area contributed by atoms with Gasteiger partial charge in [-0.05, 0) is 24.6 Å². The number of amides is 2. The highest BCUT2D eigenvalue weighted by Gasteiger charge is 2.57. The number of benzene rings is 2. The highest BCUT2D eigenvalue weighted by Crippen LogP contribution is 2.39. The van der Waals surface area contributed by atoms with Crippen molar-refractivity contribution in [3.05, 3.63) is 70.7 Å². The summed E-state index contributed by atoms with van der Waals surface area (Å²) in [6.45, 7) is 2.07. The van der Waals surface area contributed by atoms with Crippen LogP contribution in [0.4, 0.5) is 4.79 Å². The first-order chi connectivity index (χ1) is 11.5. The van der Waals surface area contributed by atoms with E-state index >= 15 is 0 Å². The van der Waals surface area contributed by atoms with Crippen LogP contribution in [0.15, 0.2) is 54.6 Å². The molecule has 0 aliphatic carbocycles. The lowest BCUT2D eigenvalue weighted by Crippen LogP contribution is -2.58. The highest BCUT2D eigenvalue weighted by atomic mass is 35.5. The van der Waals surface area contributed by atoms with E-state index in [1.807, 2.05) is 37.3 Å². The predicted octanol–water partition coefficient (Wildman–Crippen LogP) is 4.55. The number of quaternary nitrogens is 1. The zero-order chi connectivity index (χ0) is 17.3. The van der Waals surface area contributed by atoms with Crippen molar-refractivity contribution in [1.29, 1.82) is 0 Å². The van der Waals surface area contributed by atoms with Crippen LogP contribution >= 0.6 is 11.6 Å². The molecule has 1 fully saturated rings. The molecule has 0 unspecified atom stereocenters. The number of carbonyl (C=O) groups is 2. The number of carbonyl (C=O) groups excluding carboxylic acids is 1. The topological polar surface area (TPSA) is 54.4 Å². The number of hydrogen-bond acceptors (Lipinski definition) is 2. The lowest BCUT2D eigenvalue weighted by Gasteiger charge is -2.30. The van der Waals surface area contributed by atoms with Gasteiger partial charge in [0.05, 0.1) is 10.6 Å². The summed E-state index contributed by atoms with van der Waals surface area (Å²) in [5, 5.41) is 10.2. The average Bonchev–Trinajstić information content (AvgIpc) is 2.94. The minimum Gasteiger partial charge on any atom is -0.435 e. The van der Waals surface area contributed by atoms with Gasteiger partial charge < -0.3 is 5.11 Å². The molecule has 24 heavy (non-hydrogen) atoms. The van der Waals surface area contributed by atoms with Crippen LogP contribution in [-0.2, 0) is 0 Å². The summed E-state index contributed by atoms with van der Waals surface area (Å²) in [5.74, 6) is -0.414. The molecule has 0 spiro atoms. The van der Waals surface area contributed by atoms with Gasteiger partial charge in [-0.1, -0.05) is 54.1 Å². The Bertz CT molecular complexity index is 777. The Morgan fingerprint density at radius 1 is 1.08 bits per heavy atom. The van der Waals surface area contributed by atoms with Gasteiger partial charge in [0.2, 0.25) is 0 Å². The lowest BCUT2D eigenvalue weighted by atomic mass is 9.97. The normalized spacial score (nSPS) is 26.2. The van der Waals surface area contributed by atoms with Crippen LogP contribution in [0.1, 0.15) is 35.2 Å². The molecule has 0 aromatic heterocycles. The van der Waals surface area contributed by atoms with Crippen LogP contribution < -0.4 is 0 Å². The van der Waals surface area contributed by atoms with Gasteiger partial charge in [-0.25, -0.2) is 4.79 Å². The second-order valence-electron chi connectivity index (χ2n) is 6.31. The van der Waals surface area contributed by atoms with E-state index in [0.29, 0.717) is 6.42 Å². The quantitative estimate of drug-likeness (QED) is 0.813. The molecule has 0 radical (unpaired) electrons. The van der Waals surface area contributed by atoms with Crippen molar-refractivity contribution < 1.29 is 19.2 Å². The maximum absolute atomic E-state index is 13.1. The number of carboxylic acid groups (broad SMARTS) is 1. The first-order valence-corrected chi connectivity index (χ1v) is 8.30. The van der Waals surface area contributed by atoms with Gasteiger partial charge in [0.15, 0.2) is 0 Å². The first-order valence-electron chi connectivity index (χ1n) is 7.92. The molecule has 5 heteroatoms. The molecule has 3 atom stereocenters. The summed E-state index contributed by atoms with van der Waals surface area (Å²) in [6.07, 6.45) is -0.474. The van der Waals surface area contributed by atoms with Crippen LogP contribution in [-0.4, -0.2) is 34.2 Å². The molecule has 2 aromatic rings. The van der Waals surface area contributed by atoms with Crippen LogP contribution in [0.3, 0.4) is 0 Å². The molecule has 124 valence electrons. The van der Waals surface area contributed by atoms with Gasteiger partial charge in [-0.2, -0.15) is 9.28 Å². The Balaban J connectivity index is 2.02. The maximum Gasteiger partial charge on any atom is 0.521 e. The Morgan fingerprint density at radius 3 is 2.33 bits per heavy atom. The molecular formula is C19H19ClNO3+. The highest BCUT2D eigenvalue weighted by molar-refractivity contribution is 6.33. The molecule has 1 N–H and O–H groups in total. The van der Waals surface area contributed by atoms with Gasteiger partial charge in [0.1, 0.15) is 12.6 Å². The Labute approximate surface area is 145 Å². The Hall–Kier alpha value is -2.17. The van der Waals surface area contributed by atoms with Crippen molar-refractivity contribution in [1.82, 2.24) is 0 Å². The lowest BCUT2D eigenvalue weighted by molar-refractivity contribution is -0.786. The number of hydrogen-bond donors (Lipinski definition) is 1. The van der Waals surface area contributed by atoms with Gasteiger partial charge in [-0.15, -0.1) is 0 Å². The molecular weight excluding hydrogens is 326 g/mol. The van der Waals surface area contributed by atoms with E-state index in [4.69, 9.17) is 11.6 Å². The fourth-order valence-electron chi connectivity index (χ4n) is 3.65. The summed E-state index contributed by atoms with van der Waals surface area (Å²) >= 11 is 6.14. The second-order valence-corrected chi connectivity index (χ2v) is 6.72. The molecule has 0 bridgehead atoms. The van der Waals surface area contributed by atoms with Crippen LogP contribution in [0.5, 0.6) is 0 Å². The van der Waals surface area contributed by atoms with Crippen molar-refractivity contribution in [2.45, 2.75) is 25.3 Å². The molecule has 2 amide bonds. The van der Waals surface area contributed by atoms with Crippen molar-refractivity contribution in [3.63, 3.8) is 0 Å². The van der Waals surface area contributed by atoms with E-state index in [1.54, 1.807) is 24.3 Å². The minimum absolute atomic E-state index is 0.0312. The van der Waals surface area contributed by atoms with E-state index in [1.165, 1.54) is 0 Å². The number of nitrogens with zero attached hydrogens (tertiary/aromatic N) is 1. The van der Waals surface area contributed by atoms with E-state index in [2.05, 4.69) is 0 Å². The molecule has 1 aliphatic heterocycles. The standard InChI is InChI=1S/C19H18ClNO3/c1-13-11-15(14-7-3-2-4-8-14)12-21(13,19(23)24)18(22)16-9-5-6-10-17(16)20/h2-10,13,15H,11-12H2,1H3/p+1/t13-,15+,21-/m1/s1. The third-order valence-electron chi connectivity index (χ3n) is 4.97. The zero-order valence-corrected chi connectivity index (χ0v) is 14.1. The van der Waals surface area contributed by atoms with E-state index in [-0.39, 0.29) is 29.1 Å². The van der Waals surface area contributed by atoms with Gasteiger partial charge in [0, 0.05) is 12.3 Å². The Morgan fingerprint density at radius 2 is 1.71 bits per heavy atom. The van der Waals surface area contributed by atoms with E-state index in [0.717, 1.165) is 5.56 Å². The fourth-order valence-corrected chi connectivity index (χ4v) is 3.86. The number of halogens is 1. The molecule has 1 aliphatic rings. The van der Waals surface area contributed by atoms with Crippen molar-refractivity contribution in [2.75, 3.05) is 6.54 Å². The summed E-state index contributed by atoms with van der Waals surface area (Å²) in [7, 11) is 0. The van der Waals surface area contributed by atoms with Crippen LogP contribution in [0.2, 0.25) is 5.02 Å². The third kappa shape index (κ3) is 2.62. The largest absolute Gasteiger partial charge is 0.521 e. The Kier molecular flexibility index (Phi) is 4.43. The van der Waals surface area contributed by atoms with Crippen molar-refractivity contribution in [3.8, 4) is 0 Å². The minimum atomic E-state index is -1.12. The monoisotopic (exact) mass is 344 g/mol. The van der Waals surface area contributed by atoms with Crippen LogP contribution in [0.25, 0.3) is 0 Å². The second kappa shape index (κ2) is 6.38. The first kappa shape index (κ1) is 16.7. The van der Waals surface area contributed by atoms with Crippen LogP contribution in [0, 0.1) is 0 Å².